The van der Waals surface area contributed by atoms with Crippen LogP contribution in [0.3, 0.4) is 0 Å². The van der Waals surface area contributed by atoms with E-state index >= 15 is 0 Å². The third-order valence-electron chi connectivity index (χ3n) is 2.89. The second kappa shape index (κ2) is 5.83. The number of nitrogens with two attached hydrogens (primary N) is 1. The molecule has 0 amide bonds. The highest BCUT2D eigenvalue weighted by atomic mass is 19.1. The molecule has 0 unspecified atom stereocenters. The molecule has 6 heteroatoms. The van der Waals surface area contributed by atoms with Gasteiger partial charge < -0.3 is 10.2 Å². The van der Waals surface area contributed by atoms with Crippen molar-refractivity contribution >= 4 is 5.82 Å². The minimum absolute atomic E-state index is 0.136. The monoisotopic (exact) mass is 276 g/mol. The first-order valence-electron chi connectivity index (χ1n) is 6.33. The molecule has 0 fully saturated rings. The highest BCUT2D eigenvalue weighted by Gasteiger charge is 2.13. The van der Waals surface area contributed by atoms with E-state index in [9.17, 15) is 4.39 Å². The third kappa shape index (κ3) is 2.85. The number of halogens is 1. The van der Waals surface area contributed by atoms with Gasteiger partial charge in [-0.05, 0) is 31.5 Å². The Labute approximate surface area is 117 Å². The van der Waals surface area contributed by atoms with Gasteiger partial charge in [-0.25, -0.2) is 15.2 Å². The summed E-state index contributed by atoms with van der Waals surface area (Å²) in [5.41, 5.74) is 4.03. The molecule has 0 atom stereocenters. The minimum Gasteiger partial charge on any atom is -0.435 e. The maximum atomic E-state index is 13.7. The zero-order chi connectivity index (χ0) is 14.7. The summed E-state index contributed by atoms with van der Waals surface area (Å²) in [5, 5.41) is 0. The van der Waals surface area contributed by atoms with E-state index in [1.54, 1.807) is 19.1 Å². The molecular weight excluding hydrogens is 259 g/mol. The molecule has 1 aromatic heterocycles. The van der Waals surface area contributed by atoms with Gasteiger partial charge in [0, 0.05) is 6.42 Å². The number of rotatable bonds is 4. The molecule has 0 saturated carbocycles. The van der Waals surface area contributed by atoms with E-state index in [-0.39, 0.29) is 5.75 Å². The average molecular weight is 276 g/mol. The van der Waals surface area contributed by atoms with Crippen molar-refractivity contribution in [2.45, 2.75) is 27.2 Å². The van der Waals surface area contributed by atoms with Gasteiger partial charge >= 0.3 is 0 Å². The number of aryl methyl sites for hydroxylation is 2. The van der Waals surface area contributed by atoms with Crippen molar-refractivity contribution in [3.05, 3.63) is 41.0 Å². The highest BCUT2D eigenvalue weighted by molar-refractivity contribution is 5.49. The molecule has 5 nitrogen and oxygen atoms in total. The van der Waals surface area contributed by atoms with Crippen LogP contribution >= 0.6 is 0 Å². The minimum atomic E-state index is -0.436. The van der Waals surface area contributed by atoms with E-state index in [4.69, 9.17) is 10.6 Å². The van der Waals surface area contributed by atoms with Gasteiger partial charge in [0.15, 0.2) is 11.6 Å². The number of hydrazine groups is 1. The largest absolute Gasteiger partial charge is 0.435 e. The molecule has 1 heterocycles. The molecule has 0 radical (unpaired) electrons. The lowest BCUT2D eigenvalue weighted by atomic mass is 10.2. The first-order valence-corrected chi connectivity index (χ1v) is 6.33. The molecule has 106 valence electrons. The SMILES string of the molecule is CCc1nc(NN)c(C)c(Oc2cc(C)ccc2F)n1. The number of aromatic nitrogens is 2. The molecule has 3 N–H and O–H groups in total. The number of nitrogens with one attached hydrogen (secondary N) is 1. The Bertz CT molecular complexity index is 631. The normalized spacial score (nSPS) is 10.4. The summed E-state index contributed by atoms with van der Waals surface area (Å²) < 4.78 is 19.3. The number of hydrogen-bond acceptors (Lipinski definition) is 5. The number of hydrogen-bond donors (Lipinski definition) is 2. The second-order valence-electron chi connectivity index (χ2n) is 4.45. The lowest BCUT2D eigenvalue weighted by Crippen LogP contribution is -2.13. The molecule has 0 aliphatic heterocycles. The molecule has 0 spiro atoms. The van der Waals surface area contributed by atoms with Crippen molar-refractivity contribution in [1.29, 1.82) is 0 Å². The Kier molecular flexibility index (Phi) is 4.14. The van der Waals surface area contributed by atoms with E-state index in [2.05, 4.69) is 15.4 Å². The predicted octanol–water partition coefficient (Wildman–Crippen LogP) is 2.87. The van der Waals surface area contributed by atoms with E-state index in [1.165, 1.54) is 6.07 Å². The summed E-state index contributed by atoms with van der Waals surface area (Å²) in [6.45, 7) is 5.54. The summed E-state index contributed by atoms with van der Waals surface area (Å²) in [4.78, 5) is 8.50. The Morgan fingerprint density at radius 2 is 2.05 bits per heavy atom. The van der Waals surface area contributed by atoms with Crippen LogP contribution in [0.1, 0.15) is 23.9 Å². The summed E-state index contributed by atoms with van der Waals surface area (Å²) in [6.07, 6.45) is 0.627. The van der Waals surface area contributed by atoms with Gasteiger partial charge in [0.05, 0.1) is 5.56 Å². The summed E-state index contributed by atoms with van der Waals surface area (Å²) in [7, 11) is 0. The van der Waals surface area contributed by atoms with E-state index in [1.807, 2.05) is 13.8 Å². The van der Waals surface area contributed by atoms with Crippen molar-refractivity contribution in [2.24, 2.45) is 5.84 Å². The van der Waals surface area contributed by atoms with E-state index < -0.39 is 5.82 Å². The van der Waals surface area contributed by atoms with Crippen molar-refractivity contribution in [1.82, 2.24) is 9.97 Å². The molecule has 20 heavy (non-hydrogen) atoms. The maximum Gasteiger partial charge on any atom is 0.227 e. The first-order chi connectivity index (χ1) is 9.55. The van der Waals surface area contributed by atoms with E-state index in [0.717, 1.165) is 5.56 Å². The quantitative estimate of drug-likeness (QED) is 0.663. The lowest BCUT2D eigenvalue weighted by molar-refractivity contribution is 0.421. The van der Waals surface area contributed by atoms with Crippen LogP contribution in [0.5, 0.6) is 11.6 Å². The van der Waals surface area contributed by atoms with E-state index in [0.29, 0.717) is 29.5 Å². The topological polar surface area (TPSA) is 73.1 Å². The van der Waals surface area contributed by atoms with Gasteiger partial charge in [-0.3, -0.25) is 0 Å². The number of nitrogens with zero attached hydrogens (tertiary/aromatic N) is 2. The molecule has 2 aromatic rings. The van der Waals surface area contributed by atoms with Gasteiger partial charge in [0.1, 0.15) is 11.6 Å². The Balaban J connectivity index is 2.44. The summed E-state index contributed by atoms with van der Waals surface area (Å²) in [6, 6.07) is 4.67. The van der Waals surface area contributed by atoms with Crippen LogP contribution in [-0.4, -0.2) is 9.97 Å². The zero-order valence-electron chi connectivity index (χ0n) is 11.7. The standard InChI is InChI=1S/C14H17FN4O/c1-4-12-17-13(19-16)9(3)14(18-12)20-11-7-8(2)5-6-10(11)15/h5-7H,4,16H2,1-3H3,(H,17,18,19). The average Bonchev–Trinajstić information content (AvgIpc) is 2.45. The van der Waals surface area contributed by atoms with Crippen LogP contribution in [-0.2, 0) is 6.42 Å². The van der Waals surface area contributed by atoms with Crippen LogP contribution in [0.15, 0.2) is 18.2 Å². The first kappa shape index (κ1) is 14.2. The zero-order valence-corrected chi connectivity index (χ0v) is 11.7. The smallest absolute Gasteiger partial charge is 0.227 e. The van der Waals surface area contributed by atoms with Crippen LogP contribution in [0.2, 0.25) is 0 Å². The second-order valence-corrected chi connectivity index (χ2v) is 4.45. The highest BCUT2D eigenvalue weighted by Crippen LogP contribution is 2.29. The summed E-state index contributed by atoms with van der Waals surface area (Å²) in [5.74, 6) is 6.47. The molecule has 0 bridgehead atoms. The Morgan fingerprint density at radius 1 is 1.30 bits per heavy atom. The van der Waals surface area contributed by atoms with Crippen LogP contribution in [0.25, 0.3) is 0 Å². The van der Waals surface area contributed by atoms with Crippen LogP contribution in [0.4, 0.5) is 10.2 Å². The number of ether oxygens (including phenoxy) is 1. The fourth-order valence-electron chi connectivity index (χ4n) is 1.73. The van der Waals surface area contributed by atoms with Crippen molar-refractivity contribution in [3.63, 3.8) is 0 Å². The number of nitrogen functional groups attached to an aromatic ring is 1. The third-order valence-corrected chi connectivity index (χ3v) is 2.89. The maximum absolute atomic E-state index is 13.7. The molecule has 0 aliphatic rings. The van der Waals surface area contributed by atoms with Crippen molar-refractivity contribution in [3.8, 4) is 11.6 Å². The predicted molar refractivity (Wildman–Crippen MR) is 75.2 cm³/mol. The van der Waals surface area contributed by atoms with Crippen LogP contribution in [0, 0.1) is 19.7 Å². The molecule has 2 rings (SSSR count). The van der Waals surface area contributed by atoms with Crippen molar-refractivity contribution in [2.75, 3.05) is 5.43 Å². The van der Waals surface area contributed by atoms with Gasteiger partial charge in [-0.15, -0.1) is 0 Å². The number of anilines is 1. The molecular formula is C14H17FN4O. The number of benzene rings is 1. The van der Waals surface area contributed by atoms with Crippen molar-refractivity contribution < 1.29 is 9.13 Å². The molecule has 1 aromatic carbocycles. The van der Waals surface area contributed by atoms with Gasteiger partial charge in [0.25, 0.3) is 0 Å². The Morgan fingerprint density at radius 3 is 2.70 bits per heavy atom. The fraction of sp³-hybridized carbons (Fsp3) is 0.286. The molecule has 0 aliphatic carbocycles. The van der Waals surface area contributed by atoms with Crippen LogP contribution < -0.4 is 16.0 Å². The summed E-state index contributed by atoms with van der Waals surface area (Å²) >= 11 is 0. The van der Waals surface area contributed by atoms with Gasteiger partial charge in [-0.2, -0.15) is 4.98 Å². The Hall–Kier alpha value is -2.21. The van der Waals surface area contributed by atoms with Gasteiger partial charge in [-0.1, -0.05) is 13.0 Å². The van der Waals surface area contributed by atoms with Gasteiger partial charge in [0.2, 0.25) is 5.88 Å². The lowest BCUT2D eigenvalue weighted by Gasteiger charge is -2.13. The fourth-order valence-corrected chi connectivity index (χ4v) is 1.73. The molecule has 0 saturated heterocycles.